The maximum atomic E-state index is 13.8. The number of amidine groups is 2. The zero-order chi connectivity index (χ0) is 26.3. The van der Waals surface area contributed by atoms with Crippen molar-refractivity contribution in [2.24, 2.45) is 9.98 Å². The first-order chi connectivity index (χ1) is 16.1. The van der Waals surface area contributed by atoms with Gasteiger partial charge in [0, 0.05) is 6.54 Å². The number of aliphatic imine (C=N–C) groups is 2. The smallest absolute Gasteiger partial charge is 0.332 e. The molecule has 0 bridgehead atoms. The van der Waals surface area contributed by atoms with Crippen LogP contribution in [-0.2, 0) is 6.18 Å². The van der Waals surface area contributed by atoms with E-state index in [1.54, 1.807) is 0 Å². The summed E-state index contributed by atoms with van der Waals surface area (Å²) >= 11 is 12.0. The molecule has 0 saturated carbocycles. The topological polar surface area (TPSA) is 52.0 Å². The number of anilines is 1. The quantitative estimate of drug-likeness (QED) is 0.316. The molecule has 2 aliphatic rings. The predicted molar refractivity (Wildman–Crippen MR) is 112 cm³/mol. The number of alkyl halides is 9. The summed E-state index contributed by atoms with van der Waals surface area (Å²) in [4.78, 5) is 7.39. The fraction of sp³-hybridized carbons (Fsp3) is 0.474. The highest BCUT2D eigenvalue weighted by Gasteiger charge is 2.52. The van der Waals surface area contributed by atoms with Crippen LogP contribution in [0.4, 0.5) is 45.2 Å². The molecule has 1 unspecified atom stereocenters. The molecule has 1 atom stereocenters. The molecule has 35 heavy (non-hydrogen) atoms. The number of nitrogens with zero attached hydrogens (tertiary/aromatic N) is 3. The van der Waals surface area contributed by atoms with E-state index in [0.717, 1.165) is 11.4 Å². The lowest BCUT2D eigenvalue weighted by Crippen LogP contribution is -2.47. The number of hydrogen-bond donors (Lipinski definition) is 2. The minimum absolute atomic E-state index is 0.0333. The number of allylic oxidation sites excluding steroid dienone is 1. The zero-order valence-corrected chi connectivity index (χ0v) is 19.1. The first-order valence-corrected chi connectivity index (χ1v) is 10.7. The van der Waals surface area contributed by atoms with Crippen molar-refractivity contribution in [3.05, 3.63) is 39.0 Å². The molecule has 0 aliphatic carbocycles. The average Bonchev–Trinajstić information content (AvgIpc) is 3.06. The number of hydrogen-bond acceptors (Lipinski definition) is 4. The van der Waals surface area contributed by atoms with Gasteiger partial charge in [0.05, 0.1) is 26.9 Å². The molecule has 1 aromatic carbocycles. The van der Waals surface area contributed by atoms with Crippen LogP contribution in [0, 0.1) is 0 Å². The molecule has 1 saturated heterocycles. The molecule has 0 aromatic heterocycles. The van der Waals surface area contributed by atoms with Crippen LogP contribution in [0.15, 0.2) is 33.4 Å². The van der Waals surface area contributed by atoms with E-state index in [4.69, 9.17) is 23.2 Å². The minimum atomic E-state index is -5.28. The first kappa shape index (κ1) is 27.4. The lowest BCUT2D eigenvalue weighted by molar-refractivity contribution is -0.137. The highest BCUT2D eigenvalue weighted by molar-refractivity contribution is 6.40. The average molecular weight is 556 g/mol. The Morgan fingerprint density at radius 3 is 2.03 bits per heavy atom. The maximum Gasteiger partial charge on any atom is 0.449 e. The van der Waals surface area contributed by atoms with E-state index in [-0.39, 0.29) is 6.54 Å². The number of halogens is 11. The first-order valence-electron chi connectivity index (χ1n) is 9.96. The number of hydrazine groups is 1. The summed E-state index contributed by atoms with van der Waals surface area (Å²) in [7, 11) is 0. The molecule has 1 fully saturated rings. The van der Waals surface area contributed by atoms with Crippen LogP contribution in [0.5, 0.6) is 0 Å². The molecule has 2 aliphatic heterocycles. The predicted octanol–water partition coefficient (Wildman–Crippen LogP) is 6.63. The second-order valence-corrected chi connectivity index (χ2v) is 8.27. The monoisotopic (exact) mass is 555 g/mol. The minimum Gasteiger partial charge on any atom is -0.332 e. The molecule has 16 heteroatoms. The molecule has 0 radical (unpaired) electrons. The third-order valence-corrected chi connectivity index (χ3v) is 5.47. The third kappa shape index (κ3) is 5.80. The van der Waals surface area contributed by atoms with Gasteiger partial charge < -0.3 is 5.32 Å². The van der Waals surface area contributed by atoms with E-state index in [2.05, 4.69) is 15.4 Å². The molecule has 3 rings (SSSR count). The summed E-state index contributed by atoms with van der Waals surface area (Å²) in [6, 6.07) is 0.978. The number of unbranched alkanes of at least 4 members (excludes halogenated alkanes) is 2. The summed E-state index contributed by atoms with van der Waals surface area (Å²) in [5, 5.41) is 0.762. The summed E-state index contributed by atoms with van der Waals surface area (Å²) in [5.74, 6) is -2.44. The van der Waals surface area contributed by atoms with Gasteiger partial charge in [0.1, 0.15) is 11.9 Å². The molecule has 2 heterocycles. The van der Waals surface area contributed by atoms with E-state index in [1.165, 1.54) is 5.32 Å². The van der Waals surface area contributed by atoms with Crippen LogP contribution < -0.4 is 15.8 Å². The maximum absolute atomic E-state index is 13.8. The molecule has 194 valence electrons. The van der Waals surface area contributed by atoms with Crippen LogP contribution in [0.1, 0.15) is 31.7 Å². The van der Waals surface area contributed by atoms with Gasteiger partial charge in [-0.3, -0.25) is 10.0 Å². The van der Waals surface area contributed by atoms with Crippen LogP contribution in [-0.4, -0.2) is 36.7 Å². The Morgan fingerprint density at radius 1 is 0.943 bits per heavy atom. The molecule has 0 spiro atoms. The van der Waals surface area contributed by atoms with Gasteiger partial charge in [-0.15, -0.1) is 0 Å². The molecule has 2 N–H and O–H groups in total. The normalized spacial score (nSPS) is 20.3. The Labute approximate surface area is 202 Å². The Kier molecular flexibility index (Phi) is 7.59. The van der Waals surface area contributed by atoms with Crippen LogP contribution in [0.25, 0.3) is 0 Å². The van der Waals surface area contributed by atoms with Crippen LogP contribution >= 0.6 is 23.2 Å². The lowest BCUT2D eigenvalue weighted by atomic mass is 10.1. The van der Waals surface area contributed by atoms with E-state index < -0.39 is 68.9 Å². The highest BCUT2D eigenvalue weighted by atomic mass is 35.5. The largest absolute Gasteiger partial charge is 0.449 e. The van der Waals surface area contributed by atoms with Gasteiger partial charge in [-0.05, 0) is 18.6 Å². The van der Waals surface area contributed by atoms with Crippen molar-refractivity contribution >= 4 is 40.6 Å². The third-order valence-electron chi connectivity index (χ3n) is 4.89. The lowest BCUT2D eigenvalue weighted by Gasteiger charge is -2.25. The van der Waals surface area contributed by atoms with E-state index in [0.29, 0.717) is 25.0 Å². The van der Waals surface area contributed by atoms with Crippen molar-refractivity contribution in [2.45, 2.75) is 50.9 Å². The number of fused-ring (bicyclic) bond motifs is 1. The van der Waals surface area contributed by atoms with Crippen LogP contribution in [0.2, 0.25) is 10.0 Å². The van der Waals surface area contributed by atoms with Gasteiger partial charge >= 0.3 is 18.5 Å². The van der Waals surface area contributed by atoms with Crippen molar-refractivity contribution in [3.8, 4) is 0 Å². The SMILES string of the molecule is CCCCCN=C1C2=C(C(F)(F)F)NC(C(F)(F)F)=NC2NN1c1c(Cl)cc(C(F)(F)F)cc1Cl. The zero-order valence-electron chi connectivity index (χ0n) is 17.6. The standard InChI is InChI=1S/C19H16Cl2F9N5/c1-2-3-4-5-31-15-11-13(18(25,26)27)32-16(19(28,29)30)33-14(11)34-35(15)12-9(20)6-8(7-10(12)21)17(22,23)24/h6-7,14,34H,2-5H2,1H3,(H,32,33). The Morgan fingerprint density at radius 2 is 1.54 bits per heavy atom. The Balaban J connectivity index is 2.20. The van der Waals surface area contributed by atoms with Gasteiger partial charge in [0.25, 0.3) is 0 Å². The van der Waals surface area contributed by atoms with E-state index in [9.17, 15) is 39.5 Å². The van der Waals surface area contributed by atoms with Crippen molar-refractivity contribution in [2.75, 3.05) is 11.6 Å². The molecule has 1 aromatic rings. The second kappa shape index (κ2) is 9.69. The summed E-state index contributed by atoms with van der Waals surface area (Å²) in [6.45, 7) is 1.82. The van der Waals surface area contributed by atoms with Crippen molar-refractivity contribution in [1.82, 2.24) is 10.7 Å². The van der Waals surface area contributed by atoms with Gasteiger partial charge in [0.15, 0.2) is 5.84 Å². The van der Waals surface area contributed by atoms with Crippen LogP contribution in [0.3, 0.4) is 0 Å². The second-order valence-electron chi connectivity index (χ2n) is 7.45. The summed E-state index contributed by atoms with van der Waals surface area (Å²) in [5.41, 5.74) is -1.90. The van der Waals surface area contributed by atoms with Crippen molar-refractivity contribution < 1.29 is 39.5 Å². The van der Waals surface area contributed by atoms with E-state index >= 15 is 0 Å². The summed E-state index contributed by atoms with van der Waals surface area (Å²) < 4.78 is 121. The molecular weight excluding hydrogens is 540 g/mol. The molecular formula is C19H16Cl2F9N5. The highest BCUT2D eigenvalue weighted by Crippen LogP contribution is 2.43. The summed E-state index contributed by atoms with van der Waals surface area (Å²) in [6.07, 6.45) is -15.5. The van der Waals surface area contributed by atoms with Gasteiger partial charge in [-0.2, -0.15) is 44.9 Å². The Hall–Kier alpha value is -2.19. The van der Waals surface area contributed by atoms with Gasteiger partial charge in [-0.1, -0.05) is 43.0 Å². The number of nitrogens with one attached hydrogen (secondary N) is 2. The van der Waals surface area contributed by atoms with Crippen molar-refractivity contribution in [1.29, 1.82) is 0 Å². The fourth-order valence-electron chi connectivity index (χ4n) is 3.36. The molecule has 5 nitrogen and oxygen atoms in total. The fourth-order valence-corrected chi connectivity index (χ4v) is 4.02. The molecule has 0 amide bonds. The van der Waals surface area contributed by atoms with Gasteiger partial charge in [-0.25, -0.2) is 4.99 Å². The van der Waals surface area contributed by atoms with Crippen molar-refractivity contribution in [3.63, 3.8) is 0 Å². The number of benzene rings is 1. The Bertz CT molecular complexity index is 1050. The van der Waals surface area contributed by atoms with Gasteiger partial charge in [0.2, 0.25) is 5.84 Å². The van der Waals surface area contributed by atoms with E-state index in [1.807, 2.05) is 6.92 Å². The number of rotatable bonds is 5.